The van der Waals surface area contributed by atoms with Gasteiger partial charge in [-0.1, -0.05) is 12.1 Å². The van der Waals surface area contributed by atoms with Crippen LogP contribution < -0.4 is 10.6 Å². The average molecular weight is 420 g/mol. The molecule has 2 amide bonds. The number of carbonyl (C=O) groups is 2. The van der Waals surface area contributed by atoms with Gasteiger partial charge in [0.25, 0.3) is 0 Å². The maximum Gasteiger partial charge on any atom is 0.407 e. The summed E-state index contributed by atoms with van der Waals surface area (Å²) in [6, 6.07) is 12.8. The molecule has 31 heavy (non-hydrogen) atoms. The normalized spacial score (nSPS) is 18.5. The van der Waals surface area contributed by atoms with Crippen LogP contribution in [0.4, 0.5) is 10.6 Å². The molecule has 0 radical (unpaired) electrons. The minimum atomic E-state index is -0.449. The Balaban J connectivity index is 1.21. The van der Waals surface area contributed by atoms with Crippen LogP contribution in [0.25, 0.3) is 0 Å². The number of anilines is 1. The van der Waals surface area contributed by atoms with E-state index in [0.717, 1.165) is 11.4 Å². The molecular weight excluding hydrogens is 396 g/mol. The first-order valence-electron chi connectivity index (χ1n) is 10.2. The number of carbonyl (C=O) groups excluding carboxylic acids is 2. The molecule has 0 aliphatic heterocycles. The molecule has 0 aromatic carbocycles. The van der Waals surface area contributed by atoms with Crippen LogP contribution in [0.15, 0.2) is 54.9 Å². The Kier molecular flexibility index (Phi) is 6.21. The fourth-order valence-electron chi connectivity index (χ4n) is 3.38. The zero-order chi connectivity index (χ0) is 21.6. The van der Waals surface area contributed by atoms with Crippen LogP contribution in [0, 0.1) is 0 Å². The maximum absolute atomic E-state index is 12.4. The predicted octanol–water partition coefficient (Wildman–Crippen LogP) is 3.11. The Hall–Kier alpha value is -3.75. The van der Waals surface area contributed by atoms with Crippen LogP contribution in [0.5, 0.6) is 0 Å². The van der Waals surface area contributed by atoms with Crippen LogP contribution >= 0.6 is 0 Å². The number of alkyl carbamates (subject to hydrolysis) is 1. The van der Waals surface area contributed by atoms with Crippen LogP contribution in [0.3, 0.4) is 0 Å². The largest absolute Gasteiger partial charge is 0.446 e. The van der Waals surface area contributed by atoms with Gasteiger partial charge in [-0.25, -0.2) is 4.79 Å². The summed E-state index contributed by atoms with van der Waals surface area (Å²) >= 11 is 0. The van der Waals surface area contributed by atoms with E-state index in [-0.39, 0.29) is 23.8 Å². The second kappa shape index (κ2) is 9.38. The van der Waals surface area contributed by atoms with Crippen molar-refractivity contribution in [3.8, 4) is 0 Å². The summed E-state index contributed by atoms with van der Waals surface area (Å²) < 4.78 is 5.42. The Labute approximate surface area is 179 Å². The van der Waals surface area contributed by atoms with Crippen molar-refractivity contribution in [3.63, 3.8) is 0 Å². The summed E-state index contributed by atoms with van der Waals surface area (Å²) in [4.78, 5) is 32.7. The lowest BCUT2D eigenvalue weighted by Gasteiger charge is -2.33. The van der Waals surface area contributed by atoms with E-state index in [2.05, 4.69) is 30.8 Å². The SMILES string of the molecule is CC(C(=O)Nc1cc(C2CC(OC(=O)NCc3ccccn3)C2)[nH]n1)c1ccccn1. The van der Waals surface area contributed by atoms with Crippen LogP contribution in [-0.4, -0.2) is 38.3 Å². The molecule has 3 N–H and O–H groups in total. The van der Waals surface area contributed by atoms with Crippen molar-refractivity contribution < 1.29 is 14.3 Å². The van der Waals surface area contributed by atoms with Crippen LogP contribution in [-0.2, 0) is 16.1 Å². The summed E-state index contributed by atoms with van der Waals surface area (Å²) in [5, 5.41) is 12.7. The molecule has 9 heteroatoms. The van der Waals surface area contributed by atoms with E-state index < -0.39 is 6.09 Å². The minimum Gasteiger partial charge on any atom is -0.446 e. The monoisotopic (exact) mass is 420 g/mol. The average Bonchev–Trinajstić information content (AvgIpc) is 3.23. The number of rotatable bonds is 7. The van der Waals surface area contributed by atoms with Crippen molar-refractivity contribution in [2.45, 2.75) is 44.2 Å². The van der Waals surface area contributed by atoms with Crippen LogP contribution in [0.1, 0.15) is 48.7 Å². The number of hydrogen-bond donors (Lipinski definition) is 3. The summed E-state index contributed by atoms with van der Waals surface area (Å²) in [6.07, 6.45) is 4.17. The Bertz CT molecular complexity index is 1020. The number of aromatic nitrogens is 4. The topological polar surface area (TPSA) is 122 Å². The van der Waals surface area contributed by atoms with Gasteiger partial charge in [0.2, 0.25) is 5.91 Å². The number of H-pyrrole nitrogens is 1. The van der Waals surface area contributed by atoms with Crippen molar-refractivity contribution in [1.29, 1.82) is 0 Å². The number of nitrogens with one attached hydrogen (secondary N) is 3. The number of ether oxygens (including phenoxy) is 1. The molecule has 0 saturated heterocycles. The van der Waals surface area contributed by atoms with E-state index in [4.69, 9.17) is 4.74 Å². The first-order valence-corrected chi connectivity index (χ1v) is 10.2. The van der Waals surface area contributed by atoms with Gasteiger partial charge in [0.1, 0.15) is 6.10 Å². The van der Waals surface area contributed by atoms with Gasteiger partial charge in [-0.3, -0.25) is 19.9 Å². The molecule has 1 aliphatic carbocycles. The van der Waals surface area contributed by atoms with Crippen molar-refractivity contribution in [1.82, 2.24) is 25.5 Å². The van der Waals surface area contributed by atoms with Crippen LogP contribution in [0.2, 0.25) is 0 Å². The van der Waals surface area contributed by atoms with Gasteiger partial charge in [0.15, 0.2) is 5.82 Å². The molecule has 0 spiro atoms. The van der Waals surface area contributed by atoms with Gasteiger partial charge in [0.05, 0.1) is 23.9 Å². The zero-order valence-corrected chi connectivity index (χ0v) is 17.1. The lowest BCUT2D eigenvalue weighted by molar-refractivity contribution is -0.117. The standard InChI is InChI=1S/C22H24N6O3/c1-14(18-7-3-5-9-24-18)21(29)26-20-12-19(27-28-20)15-10-17(11-15)31-22(30)25-13-16-6-2-4-8-23-16/h2-9,12,14-15,17H,10-11,13H2,1H3,(H,25,30)(H2,26,27,28,29). The highest BCUT2D eigenvalue weighted by Gasteiger charge is 2.34. The second-order valence-electron chi connectivity index (χ2n) is 7.54. The Morgan fingerprint density at radius 3 is 2.65 bits per heavy atom. The molecule has 1 unspecified atom stereocenters. The van der Waals surface area contributed by atoms with Gasteiger partial charge in [-0.15, -0.1) is 0 Å². The molecule has 9 nitrogen and oxygen atoms in total. The Morgan fingerprint density at radius 1 is 1.16 bits per heavy atom. The van der Waals surface area contributed by atoms with E-state index in [1.165, 1.54) is 0 Å². The van der Waals surface area contributed by atoms with E-state index in [1.807, 2.05) is 42.5 Å². The lowest BCUT2D eigenvalue weighted by atomic mass is 9.80. The number of hydrogen-bond acceptors (Lipinski definition) is 6. The van der Waals surface area contributed by atoms with E-state index in [1.54, 1.807) is 19.3 Å². The summed E-state index contributed by atoms with van der Waals surface area (Å²) in [5.41, 5.74) is 2.39. The van der Waals surface area contributed by atoms with Gasteiger partial charge in [0, 0.05) is 30.1 Å². The summed E-state index contributed by atoms with van der Waals surface area (Å²) in [7, 11) is 0. The molecule has 0 bridgehead atoms. The smallest absolute Gasteiger partial charge is 0.407 e. The molecule has 1 aliphatic rings. The first kappa shape index (κ1) is 20.5. The Morgan fingerprint density at radius 2 is 1.94 bits per heavy atom. The van der Waals surface area contributed by atoms with E-state index in [0.29, 0.717) is 30.9 Å². The fourth-order valence-corrected chi connectivity index (χ4v) is 3.38. The molecule has 1 saturated carbocycles. The first-order chi connectivity index (χ1) is 15.1. The molecule has 3 heterocycles. The van der Waals surface area contributed by atoms with E-state index in [9.17, 15) is 9.59 Å². The highest BCUT2D eigenvalue weighted by atomic mass is 16.6. The summed E-state index contributed by atoms with van der Waals surface area (Å²) in [6.45, 7) is 2.13. The second-order valence-corrected chi connectivity index (χ2v) is 7.54. The molecular formula is C22H24N6O3. The molecule has 4 rings (SSSR count). The number of aromatic amines is 1. The third kappa shape index (κ3) is 5.25. The maximum atomic E-state index is 12.4. The number of nitrogens with zero attached hydrogens (tertiary/aromatic N) is 3. The molecule has 160 valence electrons. The predicted molar refractivity (Wildman–Crippen MR) is 113 cm³/mol. The van der Waals surface area contributed by atoms with Crippen molar-refractivity contribution in [2.24, 2.45) is 0 Å². The van der Waals surface area contributed by atoms with Gasteiger partial charge < -0.3 is 15.4 Å². The molecule has 1 atom stereocenters. The molecule has 3 aromatic heterocycles. The van der Waals surface area contributed by atoms with Gasteiger partial charge in [-0.05, 0) is 44.0 Å². The third-order valence-electron chi connectivity index (χ3n) is 5.32. The molecule has 1 fully saturated rings. The van der Waals surface area contributed by atoms with Gasteiger partial charge >= 0.3 is 6.09 Å². The lowest BCUT2D eigenvalue weighted by Crippen LogP contribution is -2.36. The quantitative estimate of drug-likeness (QED) is 0.540. The number of pyridine rings is 2. The van der Waals surface area contributed by atoms with Gasteiger partial charge in [-0.2, -0.15) is 5.10 Å². The van der Waals surface area contributed by atoms with Crippen molar-refractivity contribution >= 4 is 17.8 Å². The highest BCUT2D eigenvalue weighted by Crippen LogP contribution is 2.38. The molecule has 3 aromatic rings. The third-order valence-corrected chi connectivity index (χ3v) is 5.32. The highest BCUT2D eigenvalue weighted by molar-refractivity contribution is 5.94. The summed E-state index contributed by atoms with van der Waals surface area (Å²) in [5.74, 6) is 0.129. The van der Waals surface area contributed by atoms with Crippen molar-refractivity contribution in [2.75, 3.05) is 5.32 Å². The van der Waals surface area contributed by atoms with Crippen molar-refractivity contribution in [3.05, 3.63) is 71.9 Å². The zero-order valence-electron chi connectivity index (χ0n) is 17.1. The number of amides is 2. The minimum absolute atomic E-state index is 0.140. The fraction of sp³-hybridized carbons (Fsp3) is 0.318. The van der Waals surface area contributed by atoms with E-state index >= 15 is 0 Å².